The molecule has 4 nitrogen and oxygen atoms in total. The molecule has 0 aromatic heterocycles. The lowest BCUT2D eigenvalue weighted by Crippen LogP contribution is -2.44. The van der Waals surface area contributed by atoms with Gasteiger partial charge in [0.05, 0.1) is 5.02 Å². The number of carbonyl (C=O) groups is 1. The third kappa shape index (κ3) is 4.39. The topological polar surface area (TPSA) is 41.6 Å². The molecule has 1 fully saturated rings. The van der Waals surface area contributed by atoms with E-state index in [1.54, 1.807) is 37.1 Å². The van der Waals surface area contributed by atoms with Crippen molar-refractivity contribution in [2.45, 2.75) is 25.5 Å². The highest BCUT2D eigenvalue weighted by Gasteiger charge is 2.27. The number of likely N-dealkylation sites (N-methyl/N-ethyl adjacent to an activating group) is 1. The highest BCUT2D eigenvalue weighted by Crippen LogP contribution is 2.32. The van der Waals surface area contributed by atoms with Gasteiger partial charge >= 0.3 is 0 Å². The fourth-order valence-electron chi connectivity index (χ4n) is 2.25. The summed E-state index contributed by atoms with van der Waals surface area (Å²) < 4.78 is 5.64. The predicted octanol–water partition coefficient (Wildman–Crippen LogP) is 3.00. The molecule has 21 heavy (non-hydrogen) atoms. The second-order valence-corrected chi connectivity index (χ2v) is 5.69. The normalized spacial score (nSPS) is 18.8. The molecule has 1 aliphatic rings. The Labute approximate surface area is 141 Å². The van der Waals surface area contributed by atoms with Gasteiger partial charge in [0, 0.05) is 19.6 Å². The van der Waals surface area contributed by atoms with E-state index in [0.717, 1.165) is 19.5 Å². The summed E-state index contributed by atoms with van der Waals surface area (Å²) in [5, 5.41) is 3.99. The van der Waals surface area contributed by atoms with Gasteiger partial charge in [-0.3, -0.25) is 4.79 Å². The number of nitrogens with one attached hydrogen (secondary N) is 1. The molecule has 7 heteroatoms. The van der Waals surface area contributed by atoms with Crippen LogP contribution in [0.1, 0.15) is 13.3 Å². The Morgan fingerprint density at radius 2 is 2.19 bits per heavy atom. The fraction of sp³-hybridized carbons (Fsp3) is 0.500. The maximum atomic E-state index is 12.3. The van der Waals surface area contributed by atoms with Gasteiger partial charge in [0.1, 0.15) is 10.8 Å². The lowest BCUT2D eigenvalue weighted by molar-refractivity contribution is -0.138. The maximum absolute atomic E-state index is 12.3. The Hall–Kier alpha value is -0.680. The number of nitrogens with zero attached hydrogens (tertiary/aromatic N) is 1. The van der Waals surface area contributed by atoms with Gasteiger partial charge < -0.3 is 15.0 Å². The van der Waals surface area contributed by atoms with Crippen molar-refractivity contribution in [2.24, 2.45) is 0 Å². The lowest BCUT2D eigenvalue weighted by atomic mass is 10.2. The standard InChI is InChI=1S/C14H18Cl2N2O2.ClH/c1-9(14(19)18(2)10-6-7-17-8-10)20-12-5-3-4-11(15)13(12)16;/h3-5,9-10,17H,6-8H2,1-2H3;1H. The van der Waals surface area contributed by atoms with Gasteiger partial charge in [-0.05, 0) is 32.0 Å². The molecule has 1 aliphatic heterocycles. The van der Waals surface area contributed by atoms with Crippen molar-refractivity contribution in [1.82, 2.24) is 10.2 Å². The number of hydrogen-bond donors (Lipinski definition) is 1. The van der Waals surface area contributed by atoms with Crippen LogP contribution in [-0.2, 0) is 4.79 Å². The third-order valence-corrected chi connectivity index (χ3v) is 4.30. The van der Waals surface area contributed by atoms with Gasteiger partial charge in [0.2, 0.25) is 0 Å². The van der Waals surface area contributed by atoms with Gasteiger partial charge in [0.15, 0.2) is 6.10 Å². The Morgan fingerprint density at radius 1 is 1.48 bits per heavy atom. The van der Waals surface area contributed by atoms with Gasteiger partial charge in [-0.15, -0.1) is 12.4 Å². The second-order valence-electron chi connectivity index (χ2n) is 4.91. The van der Waals surface area contributed by atoms with E-state index >= 15 is 0 Å². The van der Waals surface area contributed by atoms with Crippen LogP contribution >= 0.6 is 35.6 Å². The van der Waals surface area contributed by atoms with Crippen LogP contribution in [0.3, 0.4) is 0 Å². The molecule has 1 heterocycles. The Balaban J connectivity index is 0.00000220. The van der Waals surface area contributed by atoms with E-state index in [1.807, 2.05) is 0 Å². The van der Waals surface area contributed by atoms with Crippen LogP contribution in [0.25, 0.3) is 0 Å². The van der Waals surface area contributed by atoms with Crippen LogP contribution < -0.4 is 10.1 Å². The molecule has 2 rings (SSSR count). The highest BCUT2D eigenvalue weighted by atomic mass is 35.5. The molecule has 0 aliphatic carbocycles. The maximum Gasteiger partial charge on any atom is 0.263 e. The Kier molecular flexibility index (Phi) is 7.07. The smallest absolute Gasteiger partial charge is 0.263 e. The van der Waals surface area contributed by atoms with Crippen molar-refractivity contribution < 1.29 is 9.53 Å². The summed E-state index contributed by atoms with van der Waals surface area (Å²) in [6, 6.07) is 5.35. The molecule has 0 bridgehead atoms. The minimum absolute atomic E-state index is 0. The number of ether oxygens (including phenoxy) is 1. The van der Waals surface area contributed by atoms with Crippen LogP contribution in [-0.4, -0.2) is 43.1 Å². The number of rotatable bonds is 4. The Morgan fingerprint density at radius 3 is 2.81 bits per heavy atom. The summed E-state index contributed by atoms with van der Waals surface area (Å²) >= 11 is 12.0. The first-order valence-electron chi connectivity index (χ1n) is 6.58. The van der Waals surface area contributed by atoms with E-state index in [2.05, 4.69) is 5.32 Å². The summed E-state index contributed by atoms with van der Waals surface area (Å²) in [7, 11) is 1.80. The molecule has 0 radical (unpaired) electrons. The minimum Gasteiger partial charge on any atom is -0.479 e. The van der Waals surface area contributed by atoms with E-state index < -0.39 is 6.10 Å². The molecule has 2 atom stereocenters. The molecule has 1 saturated heterocycles. The largest absolute Gasteiger partial charge is 0.479 e. The van der Waals surface area contributed by atoms with Gasteiger partial charge in [0.25, 0.3) is 5.91 Å². The van der Waals surface area contributed by atoms with Crippen molar-refractivity contribution in [3.05, 3.63) is 28.2 Å². The quantitative estimate of drug-likeness (QED) is 0.905. The lowest BCUT2D eigenvalue weighted by Gasteiger charge is -2.27. The average Bonchev–Trinajstić information content (AvgIpc) is 2.96. The summed E-state index contributed by atoms with van der Waals surface area (Å²) in [6.45, 7) is 3.49. The first kappa shape index (κ1) is 18.4. The molecule has 1 aromatic rings. The van der Waals surface area contributed by atoms with Crippen LogP contribution in [0.15, 0.2) is 18.2 Å². The zero-order chi connectivity index (χ0) is 14.7. The predicted molar refractivity (Wildman–Crippen MR) is 87.8 cm³/mol. The zero-order valence-electron chi connectivity index (χ0n) is 11.9. The number of amides is 1. The molecule has 1 aromatic carbocycles. The van der Waals surface area contributed by atoms with Crippen LogP contribution in [0.2, 0.25) is 10.0 Å². The van der Waals surface area contributed by atoms with Crippen molar-refractivity contribution in [3.8, 4) is 5.75 Å². The fourth-order valence-corrected chi connectivity index (χ4v) is 2.59. The van der Waals surface area contributed by atoms with E-state index in [-0.39, 0.29) is 24.4 Å². The zero-order valence-corrected chi connectivity index (χ0v) is 14.3. The van der Waals surface area contributed by atoms with E-state index in [9.17, 15) is 4.79 Å². The first-order chi connectivity index (χ1) is 9.50. The summed E-state index contributed by atoms with van der Waals surface area (Å²) in [6.07, 6.45) is 0.365. The van der Waals surface area contributed by atoms with Crippen molar-refractivity contribution in [2.75, 3.05) is 20.1 Å². The molecule has 1 amide bonds. The molecule has 1 N–H and O–H groups in total. The molecule has 0 spiro atoms. The number of hydrogen-bond acceptors (Lipinski definition) is 3. The molecule has 118 valence electrons. The van der Waals surface area contributed by atoms with Crippen LogP contribution in [0.4, 0.5) is 0 Å². The van der Waals surface area contributed by atoms with Crippen LogP contribution in [0.5, 0.6) is 5.75 Å². The minimum atomic E-state index is -0.600. The first-order valence-corrected chi connectivity index (χ1v) is 7.34. The molecular formula is C14H19Cl3N2O2. The highest BCUT2D eigenvalue weighted by molar-refractivity contribution is 6.42. The molecule has 2 unspecified atom stereocenters. The van der Waals surface area contributed by atoms with Crippen molar-refractivity contribution in [1.29, 1.82) is 0 Å². The van der Waals surface area contributed by atoms with E-state index in [4.69, 9.17) is 27.9 Å². The number of carbonyl (C=O) groups excluding carboxylic acids is 1. The average molecular weight is 354 g/mol. The van der Waals surface area contributed by atoms with Gasteiger partial charge in [-0.25, -0.2) is 0 Å². The SMILES string of the molecule is CC(Oc1cccc(Cl)c1Cl)C(=O)N(C)C1CCNC1.Cl. The van der Waals surface area contributed by atoms with Gasteiger partial charge in [-0.2, -0.15) is 0 Å². The van der Waals surface area contributed by atoms with E-state index in [1.165, 1.54) is 0 Å². The van der Waals surface area contributed by atoms with E-state index in [0.29, 0.717) is 15.8 Å². The van der Waals surface area contributed by atoms with Gasteiger partial charge in [-0.1, -0.05) is 29.3 Å². The Bertz CT molecular complexity index is 493. The summed E-state index contributed by atoms with van der Waals surface area (Å²) in [5.74, 6) is 0.368. The van der Waals surface area contributed by atoms with Crippen molar-refractivity contribution in [3.63, 3.8) is 0 Å². The monoisotopic (exact) mass is 352 g/mol. The molecule has 0 saturated carbocycles. The van der Waals surface area contributed by atoms with Crippen LogP contribution in [0, 0.1) is 0 Å². The van der Waals surface area contributed by atoms with Crippen molar-refractivity contribution >= 4 is 41.5 Å². The summed E-state index contributed by atoms with van der Waals surface area (Å²) in [5.41, 5.74) is 0. The third-order valence-electron chi connectivity index (χ3n) is 3.50. The number of benzene rings is 1. The second kappa shape index (κ2) is 8.08. The number of halogens is 3. The molecular weight excluding hydrogens is 335 g/mol. The summed E-state index contributed by atoms with van der Waals surface area (Å²) in [4.78, 5) is 14.1.